The van der Waals surface area contributed by atoms with Crippen LogP contribution >= 0.6 is 22.6 Å². The lowest BCUT2D eigenvalue weighted by Gasteiger charge is -2.17. The highest BCUT2D eigenvalue weighted by atomic mass is 127. The van der Waals surface area contributed by atoms with E-state index in [2.05, 4.69) is 70.0 Å². The molecule has 5 heteroatoms. The SMILES string of the molecule is CCCN(C)Cc1cc(Nc2ccnc3cc(I)ccc23)ccc1O. The standard InChI is InChI=1S/C20H22IN3O/c1-3-10-24(2)13-14-11-16(5-7-20(14)25)23-18-8-9-22-19-12-15(21)4-6-17(18)19/h4-9,11-12,25H,3,10,13H2,1-2H3,(H,22,23). The van der Waals surface area contributed by atoms with E-state index in [1.54, 1.807) is 6.07 Å². The van der Waals surface area contributed by atoms with Crippen LogP contribution in [0.3, 0.4) is 0 Å². The van der Waals surface area contributed by atoms with Crippen LogP contribution in [0, 0.1) is 3.57 Å². The predicted octanol–water partition coefficient (Wildman–Crippen LogP) is 5.13. The molecule has 0 fully saturated rings. The van der Waals surface area contributed by atoms with Gasteiger partial charge in [-0.25, -0.2) is 0 Å². The molecule has 1 heterocycles. The summed E-state index contributed by atoms with van der Waals surface area (Å²) in [5.41, 5.74) is 3.87. The van der Waals surface area contributed by atoms with Crippen LogP contribution in [0.2, 0.25) is 0 Å². The van der Waals surface area contributed by atoms with Gasteiger partial charge >= 0.3 is 0 Å². The number of nitrogens with zero attached hydrogens (tertiary/aromatic N) is 2. The fraction of sp³-hybridized carbons (Fsp3) is 0.250. The number of aromatic hydroxyl groups is 1. The zero-order chi connectivity index (χ0) is 17.8. The molecule has 25 heavy (non-hydrogen) atoms. The van der Waals surface area contributed by atoms with Crippen LogP contribution in [0.1, 0.15) is 18.9 Å². The third-order valence-electron chi connectivity index (χ3n) is 4.11. The van der Waals surface area contributed by atoms with Crippen LogP contribution in [-0.2, 0) is 6.54 Å². The number of pyridine rings is 1. The Balaban J connectivity index is 1.88. The maximum absolute atomic E-state index is 10.2. The van der Waals surface area contributed by atoms with Gasteiger partial charge in [-0.05, 0) is 85.1 Å². The van der Waals surface area contributed by atoms with Gasteiger partial charge in [0.15, 0.2) is 0 Å². The maximum atomic E-state index is 10.2. The molecule has 0 saturated heterocycles. The lowest BCUT2D eigenvalue weighted by atomic mass is 10.1. The number of anilines is 2. The second-order valence-corrected chi connectivity index (χ2v) is 7.47. The first-order chi connectivity index (χ1) is 12.1. The van der Waals surface area contributed by atoms with Gasteiger partial charge in [-0.1, -0.05) is 6.92 Å². The van der Waals surface area contributed by atoms with Gasteiger partial charge < -0.3 is 15.3 Å². The molecule has 0 atom stereocenters. The van der Waals surface area contributed by atoms with Crippen LogP contribution in [0.5, 0.6) is 5.75 Å². The summed E-state index contributed by atoms with van der Waals surface area (Å²) >= 11 is 2.30. The van der Waals surface area contributed by atoms with Crippen molar-refractivity contribution in [3.63, 3.8) is 0 Å². The van der Waals surface area contributed by atoms with E-state index >= 15 is 0 Å². The Labute approximate surface area is 162 Å². The molecule has 130 valence electrons. The van der Waals surface area contributed by atoms with Crippen LogP contribution in [0.15, 0.2) is 48.7 Å². The lowest BCUT2D eigenvalue weighted by molar-refractivity contribution is 0.321. The van der Waals surface area contributed by atoms with E-state index < -0.39 is 0 Å². The molecule has 0 aliphatic heterocycles. The predicted molar refractivity (Wildman–Crippen MR) is 112 cm³/mol. The Bertz CT molecular complexity index is 882. The maximum Gasteiger partial charge on any atom is 0.120 e. The normalized spacial score (nSPS) is 11.2. The minimum absolute atomic E-state index is 0.336. The van der Waals surface area contributed by atoms with Crippen LogP contribution in [0.25, 0.3) is 10.9 Å². The van der Waals surface area contributed by atoms with Crippen molar-refractivity contribution < 1.29 is 5.11 Å². The Morgan fingerprint density at radius 3 is 2.80 bits per heavy atom. The summed E-state index contributed by atoms with van der Waals surface area (Å²) in [6, 6.07) is 13.9. The number of phenols is 1. The Morgan fingerprint density at radius 2 is 2.00 bits per heavy atom. The van der Waals surface area contributed by atoms with Gasteiger partial charge in [0, 0.05) is 38.6 Å². The van der Waals surface area contributed by atoms with Gasteiger partial charge in [0.2, 0.25) is 0 Å². The van der Waals surface area contributed by atoms with Crippen molar-refractivity contribution in [2.24, 2.45) is 0 Å². The first kappa shape index (κ1) is 17.9. The topological polar surface area (TPSA) is 48.4 Å². The minimum atomic E-state index is 0.336. The zero-order valence-electron chi connectivity index (χ0n) is 14.5. The average molecular weight is 447 g/mol. The van der Waals surface area contributed by atoms with Crippen molar-refractivity contribution in [1.82, 2.24) is 9.88 Å². The van der Waals surface area contributed by atoms with Gasteiger partial charge in [0.05, 0.1) is 5.52 Å². The second-order valence-electron chi connectivity index (χ2n) is 6.23. The molecule has 0 radical (unpaired) electrons. The van der Waals surface area contributed by atoms with E-state index in [1.165, 1.54) is 3.57 Å². The Hall–Kier alpha value is -1.86. The molecule has 0 amide bonds. The molecular weight excluding hydrogens is 425 g/mol. The molecule has 0 aliphatic rings. The number of hydrogen-bond acceptors (Lipinski definition) is 4. The van der Waals surface area contributed by atoms with Crippen LogP contribution in [0.4, 0.5) is 11.4 Å². The molecule has 0 aliphatic carbocycles. The second kappa shape index (κ2) is 8.01. The zero-order valence-corrected chi connectivity index (χ0v) is 16.6. The largest absolute Gasteiger partial charge is 0.508 e. The highest BCUT2D eigenvalue weighted by molar-refractivity contribution is 14.1. The molecule has 2 N–H and O–H groups in total. The number of rotatable bonds is 6. The van der Waals surface area contributed by atoms with Crippen molar-refractivity contribution >= 4 is 44.9 Å². The highest BCUT2D eigenvalue weighted by Crippen LogP contribution is 2.29. The van der Waals surface area contributed by atoms with E-state index in [4.69, 9.17) is 0 Å². The van der Waals surface area contributed by atoms with Crippen molar-refractivity contribution in [2.75, 3.05) is 18.9 Å². The Morgan fingerprint density at radius 1 is 1.16 bits per heavy atom. The van der Waals surface area contributed by atoms with Gasteiger partial charge in [-0.3, -0.25) is 4.98 Å². The molecule has 0 bridgehead atoms. The summed E-state index contributed by atoms with van der Waals surface area (Å²) in [5, 5.41) is 14.7. The molecule has 0 unspecified atom stereocenters. The summed E-state index contributed by atoms with van der Waals surface area (Å²) in [6.07, 6.45) is 2.91. The number of benzene rings is 2. The first-order valence-corrected chi connectivity index (χ1v) is 9.46. The number of hydrogen-bond donors (Lipinski definition) is 2. The van der Waals surface area contributed by atoms with Crippen LogP contribution in [-0.4, -0.2) is 28.6 Å². The van der Waals surface area contributed by atoms with Gasteiger partial charge in [-0.15, -0.1) is 0 Å². The first-order valence-electron chi connectivity index (χ1n) is 8.38. The fourth-order valence-electron chi connectivity index (χ4n) is 2.93. The number of nitrogens with one attached hydrogen (secondary N) is 1. The van der Waals surface area contributed by atoms with Crippen molar-refractivity contribution in [3.8, 4) is 5.75 Å². The molecule has 2 aromatic carbocycles. The summed E-state index contributed by atoms with van der Waals surface area (Å²) in [6.45, 7) is 3.89. The van der Waals surface area contributed by atoms with Crippen molar-refractivity contribution in [2.45, 2.75) is 19.9 Å². The monoisotopic (exact) mass is 447 g/mol. The molecule has 3 aromatic rings. The number of fused-ring (bicyclic) bond motifs is 1. The number of aromatic nitrogens is 1. The quantitative estimate of drug-likeness (QED) is 0.406. The number of halogens is 1. The van der Waals surface area contributed by atoms with E-state index in [0.717, 1.165) is 47.4 Å². The van der Waals surface area contributed by atoms with Gasteiger partial charge in [-0.2, -0.15) is 0 Å². The van der Waals surface area contributed by atoms with Gasteiger partial charge in [0.1, 0.15) is 5.75 Å². The minimum Gasteiger partial charge on any atom is -0.508 e. The Kier molecular flexibility index (Phi) is 5.75. The fourth-order valence-corrected chi connectivity index (χ4v) is 3.40. The van der Waals surface area contributed by atoms with E-state index in [9.17, 15) is 5.11 Å². The molecule has 0 saturated carbocycles. The summed E-state index contributed by atoms with van der Waals surface area (Å²) in [5.74, 6) is 0.336. The lowest BCUT2D eigenvalue weighted by Crippen LogP contribution is -2.18. The highest BCUT2D eigenvalue weighted by Gasteiger charge is 2.08. The van der Waals surface area contributed by atoms with Crippen molar-refractivity contribution in [1.29, 1.82) is 0 Å². The summed E-state index contributed by atoms with van der Waals surface area (Å²) in [7, 11) is 2.07. The van der Waals surface area contributed by atoms with E-state index in [0.29, 0.717) is 5.75 Å². The molecular formula is C20H22IN3O. The summed E-state index contributed by atoms with van der Waals surface area (Å²) < 4.78 is 1.17. The number of phenolic OH excluding ortho intramolecular Hbond substituents is 1. The molecule has 1 aromatic heterocycles. The molecule has 0 spiro atoms. The third kappa shape index (κ3) is 4.41. The molecule has 3 rings (SSSR count). The summed E-state index contributed by atoms with van der Waals surface area (Å²) in [4.78, 5) is 6.66. The third-order valence-corrected chi connectivity index (χ3v) is 4.78. The van der Waals surface area contributed by atoms with E-state index in [-0.39, 0.29) is 0 Å². The average Bonchev–Trinajstić information content (AvgIpc) is 2.58. The van der Waals surface area contributed by atoms with E-state index in [1.807, 2.05) is 24.4 Å². The van der Waals surface area contributed by atoms with Gasteiger partial charge in [0.25, 0.3) is 0 Å². The van der Waals surface area contributed by atoms with Crippen LogP contribution < -0.4 is 5.32 Å². The molecule has 4 nitrogen and oxygen atoms in total. The smallest absolute Gasteiger partial charge is 0.120 e. The van der Waals surface area contributed by atoms with Crippen molar-refractivity contribution in [3.05, 3.63) is 57.8 Å².